The lowest BCUT2D eigenvalue weighted by atomic mass is 10.0. The molecule has 2 unspecified atom stereocenters. The fraction of sp³-hybridized carbons (Fsp3) is 0.812. The Kier molecular flexibility index (Phi) is 7.02. The molecule has 5 nitrogen and oxygen atoms in total. The summed E-state index contributed by atoms with van der Waals surface area (Å²) in [6.45, 7) is 11.3. The van der Waals surface area contributed by atoms with E-state index in [9.17, 15) is 4.79 Å². The number of alkyl carbamates (subject to hydrolysis) is 1. The molecule has 0 spiro atoms. The van der Waals surface area contributed by atoms with E-state index in [0.29, 0.717) is 12.5 Å². The van der Waals surface area contributed by atoms with Gasteiger partial charge in [-0.15, -0.1) is 0 Å². The molecule has 1 rings (SSSR count). The second-order valence-electron chi connectivity index (χ2n) is 6.86. The molecule has 122 valence electrons. The highest BCUT2D eigenvalue weighted by molar-refractivity contribution is 5.68. The highest BCUT2D eigenvalue weighted by atomic mass is 16.6. The van der Waals surface area contributed by atoms with E-state index in [1.165, 1.54) is 0 Å². The topological polar surface area (TPSA) is 59.6 Å². The van der Waals surface area contributed by atoms with Crippen molar-refractivity contribution in [3.8, 4) is 0 Å². The summed E-state index contributed by atoms with van der Waals surface area (Å²) in [4.78, 5) is 11.8. The number of carbonyl (C=O) groups excluding carboxylic acids is 1. The van der Waals surface area contributed by atoms with Gasteiger partial charge in [-0.1, -0.05) is 13.8 Å². The van der Waals surface area contributed by atoms with Crippen molar-refractivity contribution in [3.63, 3.8) is 0 Å². The molecule has 5 heteroatoms. The molecule has 1 amide bonds. The zero-order valence-corrected chi connectivity index (χ0v) is 13.9. The molecule has 0 saturated carbocycles. The maximum Gasteiger partial charge on any atom is 0.407 e. The van der Waals surface area contributed by atoms with E-state index in [-0.39, 0.29) is 18.2 Å². The van der Waals surface area contributed by atoms with Gasteiger partial charge in [-0.25, -0.2) is 4.79 Å². The van der Waals surface area contributed by atoms with Crippen molar-refractivity contribution in [1.29, 1.82) is 0 Å². The quantitative estimate of drug-likeness (QED) is 0.791. The zero-order chi connectivity index (χ0) is 15.9. The van der Waals surface area contributed by atoms with Gasteiger partial charge in [0.2, 0.25) is 0 Å². The molecule has 0 radical (unpaired) electrons. The molecular formula is C16H30N2O3. The van der Waals surface area contributed by atoms with Crippen LogP contribution in [0.25, 0.3) is 0 Å². The number of amides is 1. The van der Waals surface area contributed by atoms with Crippen LogP contribution in [0.2, 0.25) is 0 Å². The molecule has 1 aliphatic heterocycles. The van der Waals surface area contributed by atoms with Crippen LogP contribution in [0.15, 0.2) is 12.3 Å². The average Bonchev–Trinajstić information content (AvgIpc) is 2.36. The fourth-order valence-electron chi connectivity index (χ4n) is 2.05. The molecular weight excluding hydrogens is 268 g/mol. The first kappa shape index (κ1) is 17.8. The lowest BCUT2D eigenvalue weighted by Gasteiger charge is -2.27. The summed E-state index contributed by atoms with van der Waals surface area (Å²) in [6, 6.07) is 0.0407. The van der Waals surface area contributed by atoms with Crippen LogP contribution in [0, 0.1) is 5.92 Å². The normalized spacial score (nSPS) is 20.0. The highest BCUT2D eigenvalue weighted by Crippen LogP contribution is 2.10. The molecule has 0 aromatic heterocycles. The van der Waals surface area contributed by atoms with Crippen molar-refractivity contribution in [2.45, 2.75) is 65.2 Å². The van der Waals surface area contributed by atoms with Crippen molar-refractivity contribution < 1.29 is 14.3 Å². The van der Waals surface area contributed by atoms with Gasteiger partial charge in [-0.3, -0.25) is 0 Å². The lowest BCUT2D eigenvalue weighted by molar-refractivity contribution is 0.0488. The molecule has 0 aromatic carbocycles. The Morgan fingerprint density at radius 1 is 1.43 bits per heavy atom. The minimum atomic E-state index is -0.471. The van der Waals surface area contributed by atoms with Gasteiger partial charge < -0.3 is 20.1 Å². The monoisotopic (exact) mass is 298 g/mol. The molecule has 1 heterocycles. The van der Waals surface area contributed by atoms with Gasteiger partial charge in [0, 0.05) is 19.1 Å². The van der Waals surface area contributed by atoms with Crippen molar-refractivity contribution in [2.24, 2.45) is 5.92 Å². The van der Waals surface area contributed by atoms with Gasteiger partial charge in [0.05, 0.1) is 6.26 Å². The van der Waals surface area contributed by atoms with E-state index in [4.69, 9.17) is 9.47 Å². The van der Waals surface area contributed by atoms with E-state index in [1.54, 1.807) is 6.26 Å². The van der Waals surface area contributed by atoms with Gasteiger partial charge in [0.25, 0.3) is 0 Å². The lowest BCUT2D eigenvalue weighted by Crippen LogP contribution is -2.48. The Morgan fingerprint density at radius 2 is 2.14 bits per heavy atom. The van der Waals surface area contributed by atoms with E-state index >= 15 is 0 Å². The standard InChI is InChI=1S/C16H30N2O3/c1-12(2)14(18-15(19)21-16(3,4)5)11-17-10-13-8-6-7-9-20-13/h7,9,12-14,17H,6,8,10-11H2,1-5H3,(H,18,19). The average molecular weight is 298 g/mol. The third-order valence-corrected chi connectivity index (χ3v) is 3.27. The number of allylic oxidation sites excluding steroid dienone is 1. The van der Waals surface area contributed by atoms with Crippen LogP contribution < -0.4 is 10.6 Å². The third-order valence-electron chi connectivity index (χ3n) is 3.27. The Balaban J connectivity index is 2.32. The maximum atomic E-state index is 11.8. The Hall–Kier alpha value is -1.23. The predicted octanol–water partition coefficient (Wildman–Crippen LogP) is 2.82. The van der Waals surface area contributed by atoms with Gasteiger partial charge in [0.15, 0.2) is 0 Å². The molecule has 2 N–H and O–H groups in total. The van der Waals surface area contributed by atoms with Crippen LogP contribution in [0.4, 0.5) is 4.79 Å². The highest BCUT2D eigenvalue weighted by Gasteiger charge is 2.21. The zero-order valence-electron chi connectivity index (χ0n) is 13.9. The van der Waals surface area contributed by atoms with Crippen molar-refractivity contribution >= 4 is 6.09 Å². The van der Waals surface area contributed by atoms with Gasteiger partial charge in [0.1, 0.15) is 11.7 Å². The van der Waals surface area contributed by atoms with Crippen molar-refractivity contribution in [3.05, 3.63) is 12.3 Å². The van der Waals surface area contributed by atoms with Crippen LogP contribution in [0.3, 0.4) is 0 Å². The molecule has 2 atom stereocenters. The van der Waals surface area contributed by atoms with Crippen molar-refractivity contribution in [2.75, 3.05) is 13.1 Å². The van der Waals surface area contributed by atoms with E-state index in [0.717, 1.165) is 19.4 Å². The SMILES string of the molecule is CC(C)C(CNCC1CCC=CO1)NC(=O)OC(C)(C)C. The Labute approximate surface area is 128 Å². The fourth-order valence-corrected chi connectivity index (χ4v) is 2.05. The smallest absolute Gasteiger partial charge is 0.407 e. The first-order valence-electron chi connectivity index (χ1n) is 7.78. The first-order chi connectivity index (χ1) is 9.78. The summed E-state index contributed by atoms with van der Waals surface area (Å²) in [5.74, 6) is 0.331. The maximum absolute atomic E-state index is 11.8. The summed E-state index contributed by atoms with van der Waals surface area (Å²) in [7, 11) is 0. The van der Waals surface area contributed by atoms with Crippen LogP contribution >= 0.6 is 0 Å². The summed E-state index contributed by atoms with van der Waals surface area (Å²) >= 11 is 0. The molecule has 0 saturated heterocycles. The Bertz CT molecular complexity index is 348. The van der Waals surface area contributed by atoms with E-state index in [2.05, 4.69) is 24.5 Å². The summed E-state index contributed by atoms with van der Waals surface area (Å²) in [5, 5.41) is 6.31. The van der Waals surface area contributed by atoms with Crippen LogP contribution in [-0.4, -0.2) is 36.9 Å². The molecule has 1 aliphatic rings. The van der Waals surface area contributed by atoms with E-state index < -0.39 is 5.60 Å². The van der Waals surface area contributed by atoms with Crippen LogP contribution in [0.1, 0.15) is 47.5 Å². The van der Waals surface area contributed by atoms with Gasteiger partial charge in [-0.05, 0) is 45.6 Å². The summed E-state index contributed by atoms with van der Waals surface area (Å²) in [5.41, 5.74) is -0.471. The molecule has 0 aliphatic carbocycles. The van der Waals surface area contributed by atoms with Gasteiger partial charge in [-0.2, -0.15) is 0 Å². The molecule has 0 fully saturated rings. The van der Waals surface area contributed by atoms with Crippen LogP contribution in [-0.2, 0) is 9.47 Å². The van der Waals surface area contributed by atoms with Gasteiger partial charge >= 0.3 is 6.09 Å². The summed E-state index contributed by atoms with van der Waals surface area (Å²) < 4.78 is 10.8. The molecule has 0 bridgehead atoms. The minimum absolute atomic E-state index is 0.0407. The minimum Gasteiger partial charge on any atom is -0.497 e. The number of ether oxygens (including phenoxy) is 2. The van der Waals surface area contributed by atoms with E-state index in [1.807, 2.05) is 26.8 Å². The largest absolute Gasteiger partial charge is 0.497 e. The number of carbonyl (C=O) groups is 1. The number of hydrogen-bond acceptors (Lipinski definition) is 4. The second-order valence-corrected chi connectivity index (χ2v) is 6.86. The third kappa shape index (κ3) is 7.95. The molecule has 0 aromatic rings. The molecule has 21 heavy (non-hydrogen) atoms. The number of rotatable bonds is 6. The van der Waals surface area contributed by atoms with Crippen LogP contribution in [0.5, 0.6) is 0 Å². The second kappa shape index (κ2) is 8.27. The summed E-state index contributed by atoms with van der Waals surface area (Å²) in [6.07, 6.45) is 5.78. The predicted molar refractivity (Wildman–Crippen MR) is 84.1 cm³/mol. The first-order valence-corrected chi connectivity index (χ1v) is 7.78. The Morgan fingerprint density at radius 3 is 2.67 bits per heavy atom. The van der Waals surface area contributed by atoms with Crippen molar-refractivity contribution in [1.82, 2.24) is 10.6 Å². The number of hydrogen-bond donors (Lipinski definition) is 2. The number of nitrogens with one attached hydrogen (secondary N) is 2.